The lowest BCUT2D eigenvalue weighted by atomic mass is 9.98. The van der Waals surface area contributed by atoms with Gasteiger partial charge in [0.25, 0.3) is 0 Å². The number of amides is 1. The zero-order valence-corrected chi connectivity index (χ0v) is 19.1. The van der Waals surface area contributed by atoms with E-state index in [9.17, 15) is 13.2 Å². The molecule has 1 amide bonds. The molecule has 6 nitrogen and oxygen atoms in total. The molecule has 0 bridgehead atoms. The monoisotopic (exact) mass is 517 g/mol. The van der Waals surface area contributed by atoms with Crippen molar-refractivity contribution in [2.24, 2.45) is 11.0 Å². The van der Waals surface area contributed by atoms with Gasteiger partial charge in [0.1, 0.15) is 0 Å². The van der Waals surface area contributed by atoms with Crippen LogP contribution in [0.15, 0.2) is 56.9 Å². The van der Waals surface area contributed by atoms with E-state index in [4.69, 9.17) is 23.2 Å². The highest BCUT2D eigenvalue weighted by Crippen LogP contribution is 2.25. The molecule has 1 aliphatic heterocycles. The molecule has 1 N–H and O–H groups in total. The lowest BCUT2D eigenvalue weighted by Gasteiger charge is -2.30. The Morgan fingerprint density at radius 3 is 2.38 bits per heavy atom. The Bertz CT molecular complexity index is 1020. The number of piperidine rings is 1. The maximum atomic E-state index is 12.7. The minimum absolute atomic E-state index is 0.234. The van der Waals surface area contributed by atoms with Gasteiger partial charge in [-0.2, -0.15) is 9.41 Å². The average molecular weight is 519 g/mol. The Morgan fingerprint density at radius 1 is 1.10 bits per heavy atom. The van der Waals surface area contributed by atoms with Gasteiger partial charge >= 0.3 is 0 Å². The number of sulfonamides is 1. The summed E-state index contributed by atoms with van der Waals surface area (Å²) in [6, 6.07) is 11.5. The van der Waals surface area contributed by atoms with Crippen LogP contribution in [-0.4, -0.2) is 37.9 Å². The third-order valence-electron chi connectivity index (χ3n) is 4.61. The van der Waals surface area contributed by atoms with Gasteiger partial charge in [-0.15, -0.1) is 0 Å². The first-order valence-corrected chi connectivity index (χ1v) is 11.8. The molecule has 0 saturated carbocycles. The van der Waals surface area contributed by atoms with E-state index >= 15 is 0 Å². The van der Waals surface area contributed by atoms with Crippen LogP contribution < -0.4 is 5.43 Å². The van der Waals surface area contributed by atoms with Gasteiger partial charge in [-0.3, -0.25) is 4.79 Å². The maximum absolute atomic E-state index is 12.7. The molecule has 29 heavy (non-hydrogen) atoms. The fourth-order valence-corrected chi connectivity index (χ4v) is 5.01. The Balaban J connectivity index is 1.54. The van der Waals surface area contributed by atoms with E-state index in [0.717, 1.165) is 4.47 Å². The minimum atomic E-state index is -3.56. The van der Waals surface area contributed by atoms with Gasteiger partial charge in [0.15, 0.2) is 0 Å². The van der Waals surface area contributed by atoms with E-state index in [0.29, 0.717) is 28.5 Å². The maximum Gasteiger partial charge on any atom is 0.243 e. The predicted molar refractivity (Wildman–Crippen MR) is 118 cm³/mol. The summed E-state index contributed by atoms with van der Waals surface area (Å²) in [5.41, 5.74) is 3.21. The van der Waals surface area contributed by atoms with Crippen LogP contribution in [0.5, 0.6) is 0 Å². The number of hydrazone groups is 1. The van der Waals surface area contributed by atoms with Crippen LogP contribution in [0.2, 0.25) is 10.0 Å². The third kappa shape index (κ3) is 5.58. The fourth-order valence-electron chi connectivity index (χ4n) is 2.97. The van der Waals surface area contributed by atoms with Crippen LogP contribution in [0.4, 0.5) is 0 Å². The molecular formula is C19H18BrCl2N3O3S. The molecular weight excluding hydrogens is 501 g/mol. The first-order chi connectivity index (χ1) is 13.8. The van der Waals surface area contributed by atoms with Crippen molar-refractivity contribution in [3.63, 3.8) is 0 Å². The molecule has 0 radical (unpaired) electrons. The second kappa shape index (κ2) is 9.57. The summed E-state index contributed by atoms with van der Waals surface area (Å²) in [5, 5.41) is 4.79. The average Bonchev–Trinajstić information content (AvgIpc) is 2.71. The van der Waals surface area contributed by atoms with Gasteiger partial charge in [0, 0.05) is 23.5 Å². The molecule has 0 spiro atoms. The highest BCUT2D eigenvalue weighted by Gasteiger charge is 2.32. The zero-order valence-electron chi connectivity index (χ0n) is 15.2. The van der Waals surface area contributed by atoms with Gasteiger partial charge in [-0.05, 0) is 54.8 Å². The van der Waals surface area contributed by atoms with Crippen molar-refractivity contribution >= 4 is 61.3 Å². The molecule has 0 unspecified atom stereocenters. The molecule has 0 aliphatic carbocycles. The summed E-state index contributed by atoms with van der Waals surface area (Å²) < 4.78 is 27.7. The van der Waals surface area contributed by atoms with Gasteiger partial charge in [0.2, 0.25) is 15.9 Å². The summed E-state index contributed by atoms with van der Waals surface area (Å²) in [7, 11) is -3.56. The lowest BCUT2D eigenvalue weighted by molar-refractivity contribution is -0.126. The van der Waals surface area contributed by atoms with Crippen molar-refractivity contribution in [2.75, 3.05) is 13.1 Å². The second-order valence-electron chi connectivity index (χ2n) is 6.54. The number of nitrogens with zero attached hydrogens (tertiary/aromatic N) is 2. The number of benzene rings is 2. The van der Waals surface area contributed by atoms with Crippen LogP contribution in [0, 0.1) is 5.92 Å². The Hall–Kier alpha value is -1.45. The Labute approximate surface area is 188 Å². The van der Waals surface area contributed by atoms with E-state index in [-0.39, 0.29) is 29.8 Å². The van der Waals surface area contributed by atoms with E-state index in [1.807, 2.05) is 0 Å². The molecule has 154 valence electrons. The number of hydrogen-bond donors (Lipinski definition) is 1. The van der Waals surface area contributed by atoms with Crippen molar-refractivity contribution in [3.05, 3.63) is 62.5 Å². The van der Waals surface area contributed by atoms with Crippen molar-refractivity contribution in [1.82, 2.24) is 9.73 Å². The first kappa shape index (κ1) is 22.2. The quantitative estimate of drug-likeness (QED) is 0.473. The molecule has 1 aliphatic rings. The molecule has 0 aromatic heterocycles. The highest BCUT2D eigenvalue weighted by molar-refractivity contribution is 9.10. The summed E-state index contributed by atoms with van der Waals surface area (Å²) >= 11 is 15.1. The SMILES string of the molecule is O=C(N/N=C\c1ccc(Cl)c(Cl)c1)C1CCN(S(=O)(=O)c2ccc(Br)cc2)CC1. The van der Waals surface area contributed by atoms with Crippen molar-refractivity contribution < 1.29 is 13.2 Å². The normalized spacial score (nSPS) is 16.2. The van der Waals surface area contributed by atoms with Crippen molar-refractivity contribution in [2.45, 2.75) is 17.7 Å². The largest absolute Gasteiger partial charge is 0.273 e. The molecule has 2 aromatic rings. The molecule has 1 heterocycles. The summed E-state index contributed by atoms with van der Waals surface area (Å²) in [5.74, 6) is -0.528. The van der Waals surface area contributed by atoms with Gasteiger partial charge in [-0.1, -0.05) is 45.2 Å². The standard InChI is InChI=1S/C19H18BrCl2N3O3S/c20-15-2-4-16(5-3-15)29(27,28)25-9-7-14(8-10-25)19(26)24-23-12-13-1-6-17(21)18(22)11-13/h1-6,11-12,14H,7-10H2,(H,24,26)/b23-12-. The van der Waals surface area contributed by atoms with Crippen LogP contribution in [-0.2, 0) is 14.8 Å². The zero-order chi connectivity index (χ0) is 21.0. The summed E-state index contributed by atoms with van der Waals surface area (Å²) in [4.78, 5) is 12.6. The number of carbonyl (C=O) groups excluding carboxylic acids is 1. The molecule has 0 atom stereocenters. The fraction of sp³-hybridized carbons (Fsp3) is 0.263. The molecule has 2 aromatic carbocycles. The first-order valence-electron chi connectivity index (χ1n) is 8.81. The number of halogens is 3. The lowest BCUT2D eigenvalue weighted by Crippen LogP contribution is -2.42. The van der Waals surface area contributed by atoms with Gasteiger partial charge < -0.3 is 0 Å². The number of carbonyl (C=O) groups is 1. The van der Waals surface area contributed by atoms with Crippen LogP contribution in [0.25, 0.3) is 0 Å². The highest BCUT2D eigenvalue weighted by atomic mass is 79.9. The molecule has 3 rings (SSSR count). The number of rotatable bonds is 5. The van der Waals surface area contributed by atoms with Crippen molar-refractivity contribution in [1.29, 1.82) is 0 Å². The molecule has 10 heteroatoms. The minimum Gasteiger partial charge on any atom is -0.273 e. The van der Waals surface area contributed by atoms with Crippen molar-refractivity contribution in [3.8, 4) is 0 Å². The van der Waals surface area contributed by atoms with E-state index < -0.39 is 10.0 Å². The van der Waals surface area contributed by atoms with Crippen LogP contribution in [0.3, 0.4) is 0 Å². The van der Waals surface area contributed by atoms with E-state index in [1.54, 1.807) is 42.5 Å². The van der Waals surface area contributed by atoms with E-state index in [1.165, 1.54) is 10.5 Å². The topological polar surface area (TPSA) is 78.8 Å². The van der Waals surface area contributed by atoms with Gasteiger partial charge in [-0.25, -0.2) is 13.8 Å². The second-order valence-corrected chi connectivity index (χ2v) is 10.2. The van der Waals surface area contributed by atoms with Gasteiger partial charge in [0.05, 0.1) is 21.2 Å². The predicted octanol–water partition coefficient (Wildman–Crippen LogP) is 4.31. The summed E-state index contributed by atoms with van der Waals surface area (Å²) in [6.07, 6.45) is 2.35. The Kier molecular flexibility index (Phi) is 7.34. The smallest absolute Gasteiger partial charge is 0.243 e. The van der Waals surface area contributed by atoms with E-state index in [2.05, 4.69) is 26.5 Å². The molecule has 1 fully saturated rings. The van der Waals surface area contributed by atoms with Crippen LogP contribution in [0.1, 0.15) is 18.4 Å². The number of hydrogen-bond acceptors (Lipinski definition) is 4. The number of nitrogens with one attached hydrogen (secondary N) is 1. The van der Waals surface area contributed by atoms with Crippen LogP contribution >= 0.6 is 39.1 Å². The third-order valence-corrected chi connectivity index (χ3v) is 7.79. The molecule has 1 saturated heterocycles. The Morgan fingerprint density at radius 2 is 1.76 bits per heavy atom. The summed E-state index contributed by atoms with van der Waals surface area (Å²) in [6.45, 7) is 0.569.